The first kappa shape index (κ1) is 12.5. The summed E-state index contributed by atoms with van der Waals surface area (Å²) in [4.78, 5) is 0. The summed E-state index contributed by atoms with van der Waals surface area (Å²) in [6.07, 6.45) is 2.62. The molecule has 2 nitrogen and oxygen atoms in total. The zero-order valence-electron chi connectivity index (χ0n) is 9.88. The van der Waals surface area contributed by atoms with Crippen molar-refractivity contribution in [2.24, 2.45) is 5.73 Å². The number of rotatable bonds is 2. The summed E-state index contributed by atoms with van der Waals surface area (Å²) in [7, 11) is 0. The fourth-order valence-electron chi connectivity index (χ4n) is 2.17. The van der Waals surface area contributed by atoms with Crippen molar-refractivity contribution >= 4 is 0 Å². The number of nitrogens with two attached hydrogens (primary N) is 1. The van der Waals surface area contributed by atoms with Gasteiger partial charge in [-0.05, 0) is 31.7 Å². The number of halogens is 2. The molecule has 0 aliphatic carbocycles. The Hall–Kier alpha value is -1.00. The zero-order valence-corrected chi connectivity index (χ0v) is 9.88. The van der Waals surface area contributed by atoms with Crippen LogP contribution in [0.3, 0.4) is 0 Å². The van der Waals surface area contributed by atoms with E-state index in [0.29, 0.717) is 12.2 Å². The van der Waals surface area contributed by atoms with E-state index in [1.165, 1.54) is 6.92 Å². The zero-order chi connectivity index (χ0) is 12.4. The maximum Gasteiger partial charge on any atom is 0.163 e. The molecule has 0 amide bonds. The van der Waals surface area contributed by atoms with Crippen molar-refractivity contribution in [2.75, 3.05) is 6.61 Å². The molecule has 1 aliphatic heterocycles. The van der Waals surface area contributed by atoms with Crippen LogP contribution in [0.2, 0.25) is 0 Å². The number of hydrogen-bond donors (Lipinski definition) is 1. The van der Waals surface area contributed by atoms with Crippen LogP contribution in [0.4, 0.5) is 8.78 Å². The van der Waals surface area contributed by atoms with Crippen LogP contribution in [-0.2, 0) is 4.74 Å². The number of aryl methyl sites for hydroxylation is 1. The average Bonchev–Trinajstić information content (AvgIpc) is 2.36. The Labute approximate surface area is 99.8 Å². The highest BCUT2D eigenvalue weighted by Gasteiger charge is 2.26. The summed E-state index contributed by atoms with van der Waals surface area (Å²) in [6.45, 7) is 2.18. The Morgan fingerprint density at radius 1 is 1.29 bits per heavy atom. The van der Waals surface area contributed by atoms with E-state index in [1.807, 2.05) is 0 Å². The Balaban J connectivity index is 2.24. The fourth-order valence-corrected chi connectivity index (χ4v) is 2.17. The van der Waals surface area contributed by atoms with Crippen LogP contribution in [-0.4, -0.2) is 12.7 Å². The van der Waals surface area contributed by atoms with Gasteiger partial charge in [0.1, 0.15) is 0 Å². The van der Waals surface area contributed by atoms with Crippen molar-refractivity contribution in [1.82, 2.24) is 0 Å². The molecule has 0 spiro atoms. The van der Waals surface area contributed by atoms with Gasteiger partial charge < -0.3 is 10.5 Å². The second-order valence-electron chi connectivity index (χ2n) is 4.53. The molecule has 1 heterocycles. The largest absolute Gasteiger partial charge is 0.376 e. The third-order valence-corrected chi connectivity index (χ3v) is 3.28. The summed E-state index contributed by atoms with van der Waals surface area (Å²) in [6, 6.07) is 2.51. The Bertz CT molecular complexity index is 403. The van der Waals surface area contributed by atoms with Gasteiger partial charge in [-0.25, -0.2) is 8.78 Å². The fraction of sp³-hybridized carbons (Fsp3) is 0.538. The lowest BCUT2D eigenvalue weighted by Crippen LogP contribution is -2.32. The molecule has 0 radical (unpaired) electrons. The van der Waals surface area contributed by atoms with Crippen LogP contribution in [0.5, 0.6) is 0 Å². The maximum absolute atomic E-state index is 13.8. The van der Waals surface area contributed by atoms with E-state index < -0.39 is 17.7 Å². The van der Waals surface area contributed by atoms with Crippen molar-refractivity contribution in [3.8, 4) is 0 Å². The summed E-state index contributed by atoms with van der Waals surface area (Å²) in [5.41, 5.74) is 6.46. The van der Waals surface area contributed by atoms with Crippen LogP contribution in [0, 0.1) is 18.6 Å². The van der Waals surface area contributed by atoms with Crippen LogP contribution >= 0.6 is 0 Å². The second kappa shape index (κ2) is 5.10. The van der Waals surface area contributed by atoms with Crippen LogP contribution in [0.1, 0.15) is 36.4 Å². The van der Waals surface area contributed by atoms with Gasteiger partial charge in [0.25, 0.3) is 0 Å². The highest BCUT2D eigenvalue weighted by Crippen LogP contribution is 2.27. The number of hydrogen-bond acceptors (Lipinski definition) is 2. The molecule has 1 aromatic carbocycles. The highest BCUT2D eigenvalue weighted by molar-refractivity contribution is 5.28. The van der Waals surface area contributed by atoms with Gasteiger partial charge in [-0.2, -0.15) is 0 Å². The van der Waals surface area contributed by atoms with E-state index in [2.05, 4.69) is 0 Å². The topological polar surface area (TPSA) is 35.2 Å². The molecule has 4 heteroatoms. The van der Waals surface area contributed by atoms with Crippen LogP contribution in [0.25, 0.3) is 0 Å². The van der Waals surface area contributed by atoms with E-state index in [9.17, 15) is 8.78 Å². The quantitative estimate of drug-likeness (QED) is 0.864. The van der Waals surface area contributed by atoms with Crippen molar-refractivity contribution in [1.29, 1.82) is 0 Å². The standard InChI is InChI=1S/C13H17F2NO/c1-8-5-6-9(12(15)11(8)14)13(16)10-4-2-3-7-17-10/h5-6,10,13H,2-4,7,16H2,1H3. The Kier molecular flexibility index (Phi) is 3.74. The minimum atomic E-state index is -0.841. The van der Waals surface area contributed by atoms with Gasteiger partial charge in [-0.3, -0.25) is 0 Å². The highest BCUT2D eigenvalue weighted by atomic mass is 19.2. The average molecular weight is 241 g/mol. The van der Waals surface area contributed by atoms with E-state index in [4.69, 9.17) is 10.5 Å². The molecular weight excluding hydrogens is 224 g/mol. The second-order valence-corrected chi connectivity index (χ2v) is 4.53. The minimum absolute atomic E-state index is 0.208. The molecule has 0 aromatic heterocycles. The maximum atomic E-state index is 13.8. The molecule has 2 rings (SSSR count). The molecule has 1 aliphatic rings. The van der Waals surface area contributed by atoms with E-state index in [-0.39, 0.29) is 11.7 Å². The summed E-state index contributed by atoms with van der Waals surface area (Å²) in [5.74, 6) is -1.65. The molecule has 2 atom stereocenters. The molecule has 1 aromatic rings. The molecular formula is C13H17F2NO. The number of ether oxygens (including phenoxy) is 1. The SMILES string of the molecule is Cc1ccc(C(N)C2CCCCO2)c(F)c1F. The van der Waals surface area contributed by atoms with Gasteiger partial charge in [0.15, 0.2) is 11.6 Å². The normalized spacial score (nSPS) is 22.5. The van der Waals surface area contributed by atoms with Gasteiger partial charge in [0.2, 0.25) is 0 Å². The van der Waals surface area contributed by atoms with Gasteiger partial charge >= 0.3 is 0 Å². The van der Waals surface area contributed by atoms with Crippen LogP contribution < -0.4 is 5.73 Å². The van der Waals surface area contributed by atoms with E-state index in [1.54, 1.807) is 12.1 Å². The lowest BCUT2D eigenvalue weighted by atomic mass is 9.95. The number of benzene rings is 1. The molecule has 1 saturated heterocycles. The first-order chi connectivity index (χ1) is 8.11. The monoisotopic (exact) mass is 241 g/mol. The summed E-state index contributed by atoms with van der Waals surface area (Å²) in [5, 5.41) is 0. The van der Waals surface area contributed by atoms with Gasteiger partial charge in [-0.1, -0.05) is 12.1 Å². The van der Waals surface area contributed by atoms with Crippen molar-refractivity contribution < 1.29 is 13.5 Å². The van der Waals surface area contributed by atoms with Crippen LogP contribution in [0.15, 0.2) is 12.1 Å². The van der Waals surface area contributed by atoms with Crippen molar-refractivity contribution in [2.45, 2.75) is 38.3 Å². The lowest BCUT2D eigenvalue weighted by molar-refractivity contribution is -0.000725. The molecule has 2 unspecified atom stereocenters. The minimum Gasteiger partial charge on any atom is -0.376 e. The summed E-state index contributed by atoms with van der Waals surface area (Å²) < 4.78 is 32.7. The molecule has 0 bridgehead atoms. The predicted octanol–water partition coefficient (Wildman–Crippen LogP) is 2.84. The Morgan fingerprint density at radius 2 is 2.06 bits per heavy atom. The van der Waals surface area contributed by atoms with E-state index >= 15 is 0 Å². The Morgan fingerprint density at radius 3 is 2.71 bits per heavy atom. The summed E-state index contributed by atoms with van der Waals surface area (Å²) >= 11 is 0. The van der Waals surface area contributed by atoms with Gasteiger partial charge in [-0.15, -0.1) is 0 Å². The van der Waals surface area contributed by atoms with Gasteiger partial charge in [0.05, 0.1) is 12.1 Å². The lowest BCUT2D eigenvalue weighted by Gasteiger charge is -2.28. The first-order valence-electron chi connectivity index (χ1n) is 5.93. The molecule has 17 heavy (non-hydrogen) atoms. The third kappa shape index (κ3) is 2.48. The van der Waals surface area contributed by atoms with Crippen molar-refractivity contribution in [3.63, 3.8) is 0 Å². The third-order valence-electron chi connectivity index (χ3n) is 3.28. The smallest absolute Gasteiger partial charge is 0.163 e. The van der Waals surface area contributed by atoms with Crippen molar-refractivity contribution in [3.05, 3.63) is 34.9 Å². The first-order valence-corrected chi connectivity index (χ1v) is 5.93. The molecule has 2 N–H and O–H groups in total. The van der Waals surface area contributed by atoms with Gasteiger partial charge in [0, 0.05) is 12.2 Å². The molecule has 0 saturated carbocycles. The molecule has 94 valence electrons. The predicted molar refractivity (Wildman–Crippen MR) is 61.6 cm³/mol. The molecule has 1 fully saturated rings. The van der Waals surface area contributed by atoms with E-state index in [0.717, 1.165) is 19.3 Å².